The van der Waals surface area contributed by atoms with Crippen molar-refractivity contribution in [3.8, 4) is 0 Å². The Morgan fingerprint density at radius 1 is 1.57 bits per heavy atom. The molecule has 0 saturated carbocycles. The lowest BCUT2D eigenvalue weighted by Gasteiger charge is -2.15. The largest absolute Gasteiger partial charge is 0.380 e. The van der Waals surface area contributed by atoms with Gasteiger partial charge in [-0.3, -0.25) is 0 Å². The molecule has 0 aliphatic rings. The van der Waals surface area contributed by atoms with Crippen LogP contribution in [0.15, 0.2) is 6.33 Å². The van der Waals surface area contributed by atoms with E-state index >= 15 is 0 Å². The zero-order valence-electron chi connectivity index (χ0n) is 9.19. The van der Waals surface area contributed by atoms with Crippen LogP contribution >= 0.6 is 0 Å². The molecule has 80 valence electrons. The topological polar surface area (TPSA) is 52.0 Å². The summed E-state index contributed by atoms with van der Waals surface area (Å²) < 4.78 is 7.05. The summed E-state index contributed by atoms with van der Waals surface area (Å²) in [5.41, 5.74) is 0. The smallest absolute Gasteiger partial charge is 0.149 e. The van der Waals surface area contributed by atoms with Crippen LogP contribution in [0.1, 0.15) is 25.7 Å². The van der Waals surface area contributed by atoms with Gasteiger partial charge >= 0.3 is 0 Å². The monoisotopic (exact) mass is 198 g/mol. The Balaban J connectivity index is 2.43. The molecule has 5 heteroatoms. The molecule has 0 spiro atoms. The number of aromatic nitrogens is 3. The fourth-order valence-electron chi connectivity index (χ4n) is 1.20. The third-order valence-electron chi connectivity index (χ3n) is 2.25. The number of hydrogen-bond acceptors (Lipinski definition) is 4. The van der Waals surface area contributed by atoms with Crippen molar-refractivity contribution in [1.29, 1.82) is 0 Å². The maximum absolute atomic E-state index is 5.14. The fourth-order valence-corrected chi connectivity index (χ4v) is 1.20. The highest BCUT2D eigenvalue weighted by atomic mass is 16.5. The van der Waals surface area contributed by atoms with Crippen molar-refractivity contribution in [2.45, 2.75) is 26.0 Å². The summed E-state index contributed by atoms with van der Waals surface area (Å²) in [5.74, 6) is 0.938. The van der Waals surface area contributed by atoms with Gasteiger partial charge in [-0.05, 0) is 13.8 Å². The quantitative estimate of drug-likeness (QED) is 0.748. The highest BCUT2D eigenvalue weighted by molar-refractivity contribution is 4.91. The lowest BCUT2D eigenvalue weighted by Crippen LogP contribution is -2.29. The van der Waals surface area contributed by atoms with Crippen LogP contribution in [0.25, 0.3) is 0 Å². The Hall–Kier alpha value is -0.940. The van der Waals surface area contributed by atoms with Crippen molar-refractivity contribution in [1.82, 2.24) is 20.1 Å². The van der Waals surface area contributed by atoms with Gasteiger partial charge in [0.2, 0.25) is 0 Å². The summed E-state index contributed by atoms with van der Waals surface area (Å²) in [6, 6.07) is 0.195. The van der Waals surface area contributed by atoms with E-state index in [1.54, 1.807) is 13.4 Å². The number of nitrogens with one attached hydrogen (secondary N) is 1. The number of hydrogen-bond donors (Lipinski definition) is 1. The van der Waals surface area contributed by atoms with Crippen LogP contribution in [0.3, 0.4) is 0 Å². The minimum atomic E-state index is 0.195. The van der Waals surface area contributed by atoms with Gasteiger partial charge in [0.15, 0.2) is 0 Å². The number of methoxy groups -OCH3 is 1. The molecule has 1 heterocycles. The fraction of sp³-hybridized carbons (Fsp3) is 0.778. The van der Waals surface area contributed by atoms with Crippen LogP contribution in [0, 0.1) is 0 Å². The standard InChI is InChI=1S/C9H18N4O/c1-7(14-4)5-10-8(2)9-12-11-6-13(9)3/h6-8,10H,5H2,1-4H3. The van der Waals surface area contributed by atoms with Gasteiger partial charge in [0, 0.05) is 20.7 Å². The van der Waals surface area contributed by atoms with Gasteiger partial charge < -0.3 is 14.6 Å². The first-order chi connectivity index (χ1) is 6.65. The second-order valence-corrected chi connectivity index (χ2v) is 3.48. The predicted molar refractivity (Wildman–Crippen MR) is 53.9 cm³/mol. The van der Waals surface area contributed by atoms with Crippen molar-refractivity contribution < 1.29 is 4.74 Å². The molecule has 0 fully saturated rings. The van der Waals surface area contributed by atoms with Gasteiger partial charge in [0.1, 0.15) is 12.2 Å². The third-order valence-corrected chi connectivity index (χ3v) is 2.25. The Morgan fingerprint density at radius 3 is 2.79 bits per heavy atom. The van der Waals surface area contributed by atoms with Crippen LogP contribution in [0.4, 0.5) is 0 Å². The molecule has 1 aromatic rings. The number of ether oxygens (including phenoxy) is 1. The van der Waals surface area contributed by atoms with E-state index in [4.69, 9.17) is 4.74 Å². The summed E-state index contributed by atoms with van der Waals surface area (Å²) in [6.45, 7) is 4.90. The molecular weight excluding hydrogens is 180 g/mol. The molecule has 0 radical (unpaired) electrons. The number of aryl methyl sites for hydroxylation is 1. The average Bonchev–Trinajstić information content (AvgIpc) is 2.60. The van der Waals surface area contributed by atoms with E-state index in [1.807, 2.05) is 18.5 Å². The van der Waals surface area contributed by atoms with E-state index < -0.39 is 0 Å². The van der Waals surface area contributed by atoms with Gasteiger partial charge in [-0.15, -0.1) is 10.2 Å². The molecule has 5 nitrogen and oxygen atoms in total. The minimum Gasteiger partial charge on any atom is -0.380 e. The van der Waals surface area contributed by atoms with E-state index in [0.29, 0.717) is 0 Å². The van der Waals surface area contributed by atoms with E-state index in [0.717, 1.165) is 12.4 Å². The molecule has 1 rings (SSSR count). The summed E-state index contributed by atoms with van der Waals surface area (Å²) in [4.78, 5) is 0. The molecule has 0 amide bonds. The van der Waals surface area contributed by atoms with Crippen LogP contribution < -0.4 is 5.32 Å². The summed E-state index contributed by atoms with van der Waals surface area (Å²) in [6.07, 6.45) is 1.92. The molecular formula is C9H18N4O. The van der Waals surface area contributed by atoms with Crippen molar-refractivity contribution in [2.75, 3.05) is 13.7 Å². The van der Waals surface area contributed by atoms with Crippen LogP contribution in [0.2, 0.25) is 0 Å². The minimum absolute atomic E-state index is 0.195. The SMILES string of the molecule is COC(C)CNC(C)c1nncn1C. The lowest BCUT2D eigenvalue weighted by atomic mass is 10.3. The first-order valence-corrected chi connectivity index (χ1v) is 4.75. The average molecular weight is 198 g/mol. The molecule has 2 atom stereocenters. The van der Waals surface area contributed by atoms with Crippen LogP contribution in [-0.2, 0) is 11.8 Å². The predicted octanol–water partition coefficient (Wildman–Crippen LogP) is 0.501. The van der Waals surface area contributed by atoms with E-state index in [9.17, 15) is 0 Å². The van der Waals surface area contributed by atoms with Crippen LogP contribution in [-0.4, -0.2) is 34.5 Å². The Morgan fingerprint density at radius 2 is 2.29 bits per heavy atom. The van der Waals surface area contributed by atoms with E-state index in [2.05, 4.69) is 22.4 Å². The molecule has 1 N–H and O–H groups in total. The lowest BCUT2D eigenvalue weighted by molar-refractivity contribution is 0.114. The van der Waals surface area contributed by atoms with Gasteiger partial charge in [0.05, 0.1) is 12.1 Å². The number of nitrogens with zero attached hydrogens (tertiary/aromatic N) is 3. The normalized spacial score (nSPS) is 15.4. The summed E-state index contributed by atoms with van der Waals surface area (Å²) in [7, 11) is 3.65. The molecule has 0 aliphatic carbocycles. The Kier molecular flexibility index (Phi) is 4.03. The molecule has 0 aromatic carbocycles. The third kappa shape index (κ3) is 2.78. The summed E-state index contributed by atoms with van der Waals surface area (Å²) >= 11 is 0. The first-order valence-electron chi connectivity index (χ1n) is 4.75. The zero-order chi connectivity index (χ0) is 10.6. The molecule has 1 aromatic heterocycles. The van der Waals surface area contributed by atoms with Crippen molar-refractivity contribution in [2.24, 2.45) is 7.05 Å². The molecule has 0 aliphatic heterocycles. The first kappa shape index (κ1) is 11.1. The van der Waals surface area contributed by atoms with E-state index in [-0.39, 0.29) is 12.1 Å². The van der Waals surface area contributed by atoms with E-state index in [1.165, 1.54) is 0 Å². The van der Waals surface area contributed by atoms with Crippen molar-refractivity contribution in [3.63, 3.8) is 0 Å². The van der Waals surface area contributed by atoms with Gasteiger partial charge in [-0.2, -0.15) is 0 Å². The van der Waals surface area contributed by atoms with Gasteiger partial charge in [0.25, 0.3) is 0 Å². The molecule has 2 unspecified atom stereocenters. The number of rotatable bonds is 5. The highest BCUT2D eigenvalue weighted by Crippen LogP contribution is 2.06. The van der Waals surface area contributed by atoms with Crippen molar-refractivity contribution in [3.05, 3.63) is 12.2 Å². The van der Waals surface area contributed by atoms with Gasteiger partial charge in [-0.25, -0.2) is 0 Å². The maximum atomic E-state index is 5.14. The second-order valence-electron chi connectivity index (χ2n) is 3.48. The molecule has 0 bridgehead atoms. The van der Waals surface area contributed by atoms with Crippen LogP contribution in [0.5, 0.6) is 0 Å². The summed E-state index contributed by atoms with van der Waals surface area (Å²) in [5, 5.41) is 11.2. The Labute approximate surface area is 84.5 Å². The Bertz CT molecular complexity index is 274. The zero-order valence-corrected chi connectivity index (χ0v) is 9.19. The van der Waals surface area contributed by atoms with Gasteiger partial charge in [-0.1, -0.05) is 0 Å². The van der Waals surface area contributed by atoms with Crippen molar-refractivity contribution >= 4 is 0 Å². The maximum Gasteiger partial charge on any atom is 0.149 e. The highest BCUT2D eigenvalue weighted by Gasteiger charge is 2.11. The molecule has 14 heavy (non-hydrogen) atoms. The molecule has 0 saturated heterocycles. The second kappa shape index (κ2) is 5.07.